The van der Waals surface area contributed by atoms with Crippen LogP contribution in [0.2, 0.25) is 0 Å². The molecule has 9 nitrogen and oxygen atoms in total. The van der Waals surface area contributed by atoms with E-state index in [2.05, 4.69) is 36.6 Å². The number of anilines is 1. The van der Waals surface area contributed by atoms with E-state index in [-0.39, 0.29) is 11.8 Å². The van der Waals surface area contributed by atoms with Crippen molar-refractivity contribution in [3.05, 3.63) is 58.7 Å². The van der Waals surface area contributed by atoms with E-state index in [0.29, 0.717) is 49.3 Å². The number of rotatable bonds is 8. The highest BCUT2D eigenvalue weighted by Gasteiger charge is 2.30. The van der Waals surface area contributed by atoms with Gasteiger partial charge in [0.1, 0.15) is 0 Å². The van der Waals surface area contributed by atoms with Gasteiger partial charge in [-0.25, -0.2) is 8.42 Å². The van der Waals surface area contributed by atoms with Crippen molar-refractivity contribution in [3.63, 3.8) is 0 Å². The Morgan fingerprint density at radius 3 is 2.50 bits per heavy atom. The van der Waals surface area contributed by atoms with Gasteiger partial charge < -0.3 is 15.1 Å². The molecule has 2 saturated heterocycles. The van der Waals surface area contributed by atoms with Gasteiger partial charge in [0, 0.05) is 37.3 Å². The molecular weight excluding hydrogens is 490 g/mol. The van der Waals surface area contributed by atoms with Gasteiger partial charge in [0.05, 0.1) is 16.5 Å². The molecule has 0 unspecified atom stereocenters. The molecular formula is C24H28F2N6O3S. The summed E-state index contributed by atoms with van der Waals surface area (Å²) in [7, 11) is -3.57. The smallest absolute Gasteiger partial charge is 0.314 e. The lowest BCUT2D eigenvalue weighted by Crippen LogP contribution is -2.41. The first-order valence-electron chi connectivity index (χ1n) is 11.9. The zero-order valence-electron chi connectivity index (χ0n) is 19.8. The van der Waals surface area contributed by atoms with Crippen LogP contribution in [0.25, 0.3) is 11.5 Å². The van der Waals surface area contributed by atoms with Gasteiger partial charge in [0.2, 0.25) is 15.9 Å². The molecule has 12 heteroatoms. The minimum absolute atomic E-state index is 0.0310. The molecule has 4 heterocycles. The van der Waals surface area contributed by atoms with E-state index in [4.69, 9.17) is 4.42 Å². The SMILES string of the molecule is Cc1ccc(C2CNC2)c(Cc2ccc(-c3nnc(C(F)F)o3)cn2)c1NS(=O)(=O)C1CCNCC1. The third-order valence-corrected chi connectivity index (χ3v) is 8.64. The summed E-state index contributed by atoms with van der Waals surface area (Å²) in [5, 5.41) is 13.1. The summed E-state index contributed by atoms with van der Waals surface area (Å²) >= 11 is 0. The van der Waals surface area contributed by atoms with Gasteiger partial charge in [-0.3, -0.25) is 9.71 Å². The number of hydrogen-bond donors (Lipinski definition) is 3. The van der Waals surface area contributed by atoms with Crippen molar-refractivity contribution < 1.29 is 21.6 Å². The van der Waals surface area contributed by atoms with E-state index in [0.717, 1.165) is 29.8 Å². The Morgan fingerprint density at radius 1 is 1.11 bits per heavy atom. The highest BCUT2D eigenvalue weighted by Crippen LogP contribution is 2.35. The Bertz CT molecular complexity index is 1320. The van der Waals surface area contributed by atoms with Crippen LogP contribution in [0.4, 0.5) is 14.5 Å². The number of benzene rings is 1. The average molecular weight is 519 g/mol. The van der Waals surface area contributed by atoms with Gasteiger partial charge in [0.15, 0.2) is 0 Å². The predicted molar refractivity (Wildman–Crippen MR) is 131 cm³/mol. The van der Waals surface area contributed by atoms with Crippen molar-refractivity contribution in [2.75, 3.05) is 30.9 Å². The summed E-state index contributed by atoms with van der Waals surface area (Å²) in [5.74, 6) is -0.483. The molecule has 0 bridgehead atoms. The molecule has 2 aliphatic rings. The number of halogens is 2. The zero-order valence-corrected chi connectivity index (χ0v) is 20.6. The Balaban J connectivity index is 1.45. The van der Waals surface area contributed by atoms with Gasteiger partial charge in [-0.15, -0.1) is 10.2 Å². The van der Waals surface area contributed by atoms with E-state index in [1.54, 1.807) is 12.1 Å². The number of pyridine rings is 1. The molecule has 0 atom stereocenters. The number of nitrogens with one attached hydrogen (secondary N) is 3. The first kappa shape index (κ1) is 24.7. The number of piperidine rings is 1. The van der Waals surface area contributed by atoms with Crippen molar-refractivity contribution in [3.8, 4) is 11.5 Å². The minimum Gasteiger partial charge on any atom is -0.415 e. The second kappa shape index (κ2) is 10.2. The fraction of sp³-hybridized carbons (Fsp3) is 0.458. The van der Waals surface area contributed by atoms with Crippen LogP contribution in [0.5, 0.6) is 0 Å². The summed E-state index contributed by atoms with van der Waals surface area (Å²) in [5.41, 5.74) is 4.58. The van der Waals surface area contributed by atoms with E-state index in [1.165, 1.54) is 6.20 Å². The lowest BCUT2D eigenvalue weighted by molar-refractivity contribution is 0.116. The van der Waals surface area contributed by atoms with Crippen molar-refractivity contribution in [1.82, 2.24) is 25.8 Å². The lowest BCUT2D eigenvalue weighted by Gasteiger charge is -2.31. The standard InChI is InChI=1S/C24H28F2N6O3S/c1-14-2-5-19(16-11-28-12-16)20(21(14)32-36(33,34)18-6-8-27-9-7-18)10-17-4-3-15(13-29-17)23-30-31-24(35-23)22(25)26/h2-5,13,16,18,22,27-28,32H,6-12H2,1H3. The molecule has 0 radical (unpaired) electrons. The van der Waals surface area contributed by atoms with Crippen LogP contribution in [0.3, 0.4) is 0 Å². The number of nitrogens with zero attached hydrogens (tertiary/aromatic N) is 3. The first-order chi connectivity index (χ1) is 17.3. The van der Waals surface area contributed by atoms with E-state index in [1.807, 2.05) is 13.0 Å². The molecule has 3 aromatic rings. The maximum Gasteiger partial charge on any atom is 0.314 e. The Hall–Kier alpha value is -2.96. The normalized spacial score (nSPS) is 17.3. The third-order valence-electron chi connectivity index (χ3n) is 6.80. The number of alkyl halides is 2. The molecule has 5 rings (SSSR count). The maximum atomic E-state index is 13.3. The van der Waals surface area contributed by atoms with E-state index in [9.17, 15) is 17.2 Å². The summed E-state index contributed by atoms with van der Waals surface area (Å²) in [6, 6.07) is 7.48. The van der Waals surface area contributed by atoms with Crippen molar-refractivity contribution in [2.45, 2.75) is 43.8 Å². The predicted octanol–water partition coefficient (Wildman–Crippen LogP) is 3.15. The van der Waals surface area contributed by atoms with E-state index < -0.39 is 27.6 Å². The molecule has 3 N–H and O–H groups in total. The van der Waals surface area contributed by atoms with Gasteiger partial charge in [0.25, 0.3) is 5.89 Å². The highest BCUT2D eigenvalue weighted by molar-refractivity contribution is 7.93. The van der Waals surface area contributed by atoms with E-state index >= 15 is 0 Å². The molecule has 0 spiro atoms. The number of hydrogen-bond acceptors (Lipinski definition) is 8. The molecule has 2 aromatic heterocycles. The number of sulfonamides is 1. The molecule has 0 amide bonds. The molecule has 2 fully saturated rings. The van der Waals surface area contributed by atoms with Gasteiger partial charge >= 0.3 is 6.43 Å². The summed E-state index contributed by atoms with van der Waals surface area (Å²) in [6.45, 7) is 4.92. The first-order valence-corrected chi connectivity index (χ1v) is 13.5. The second-order valence-corrected chi connectivity index (χ2v) is 11.2. The number of aromatic nitrogens is 3. The van der Waals surface area contributed by atoms with Crippen molar-refractivity contribution >= 4 is 15.7 Å². The molecule has 0 saturated carbocycles. The Kier molecular flexibility index (Phi) is 7.00. The maximum absolute atomic E-state index is 13.3. The quantitative estimate of drug-likeness (QED) is 0.416. The van der Waals surface area contributed by atoms with Crippen molar-refractivity contribution in [2.24, 2.45) is 0 Å². The highest BCUT2D eigenvalue weighted by atomic mass is 32.2. The van der Waals surface area contributed by atoms with Crippen LogP contribution < -0.4 is 15.4 Å². The van der Waals surface area contributed by atoms with Crippen LogP contribution >= 0.6 is 0 Å². The van der Waals surface area contributed by atoms with Crippen LogP contribution in [-0.4, -0.2) is 55.0 Å². The Labute approximate surface area is 208 Å². The largest absolute Gasteiger partial charge is 0.415 e. The second-order valence-electron chi connectivity index (χ2n) is 9.24. The third kappa shape index (κ3) is 5.11. The summed E-state index contributed by atoms with van der Waals surface area (Å²) < 4.78 is 60.1. The van der Waals surface area contributed by atoms with Crippen LogP contribution in [0, 0.1) is 6.92 Å². The molecule has 192 valence electrons. The summed E-state index contributed by atoms with van der Waals surface area (Å²) in [4.78, 5) is 4.49. The number of aryl methyl sites for hydroxylation is 1. The van der Waals surface area contributed by atoms with Gasteiger partial charge in [-0.2, -0.15) is 8.78 Å². The monoisotopic (exact) mass is 518 g/mol. The topological polar surface area (TPSA) is 122 Å². The Morgan fingerprint density at radius 2 is 1.89 bits per heavy atom. The van der Waals surface area contributed by atoms with Crippen molar-refractivity contribution in [1.29, 1.82) is 0 Å². The van der Waals surface area contributed by atoms with Crippen LogP contribution in [-0.2, 0) is 16.4 Å². The minimum atomic E-state index is -3.57. The fourth-order valence-electron chi connectivity index (χ4n) is 4.61. The molecule has 2 aliphatic heterocycles. The van der Waals surface area contributed by atoms with Crippen LogP contribution in [0.1, 0.15) is 53.5 Å². The lowest BCUT2D eigenvalue weighted by atomic mass is 9.86. The van der Waals surface area contributed by atoms with Crippen LogP contribution in [0.15, 0.2) is 34.9 Å². The molecule has 36 heavy (non-hydrogen) atoms. The molecule has 0 aliphatic carbocycles. The fourth-order valence-corrected chi connectivity index (χ4v) is 6.20. The summed E-state index contributed by atoms with van der Waals surface area (Å²) in [6.07, 6.45) is 0.205. The average Bonchev–Trinajstić information content (AvgIpc) is 3.34. The zero-order chi connectivity index (χ0) is 25.3. The molecule has 1 aromatic carbocycles. The van der Waals surface area contributed by atoms with Gasteiger partial charge in [-0.05, 0) is 61.7 Å². The van der Waals surface area contributed by atoms with Gasteiger partial charge in [-0.1, -0.05) is 12.1 Å².